The molecule has 1 aliphatic rings. The first-order valence-electron chi connectivity index (χ1n) is 9.99. The molecule has 0 unspecified atom stereocenters. The molecule has 1 aromatic heterocycles. The number of thioether (sulfide) groups is 1. The van der Waals surface area contributed by atoms with Gasteiger partial charge >= 0.3 is 0 Å². The van der Waals surface area contributed by atoms with Crippen LogP contribution in [0.5, 0.6) is 0 Å². The molecular weight excluding hydrogens is 416 g/mol. The lowest BCUT2D eigenvalue weighted by molar-refractivity contribution is -0.673. The van der Waals surface area contributed by atoms with Gasteiger partial charge in [0.25, 0.3) is 0 Å². The number of aromatic nitrogens is 1. The van der Waals surface area contributed by atoms with Crippen LogP contribution in [-0.2, 0) is 16.7 Å². The molecule has 0 spiro atoms. The van der Waals surface area contributed by atoms with Crippen molar-refractivity contribution in [2.75, 3.05) is 17.2 Å². The van der Waals surface area contributed by atoms with Crippen molar-refractivity contribution in [1.29, 1.82) is 0 Å². The SMILES string of the molecule is CCN1/C(=C/c2ccc3cccc(C)c3[n+]2CCCS(=O)(=O)[O-])Sc2ccccc21. The number of pyridine rings is 1. The van der Waals surface area contributed by atoms with Gasteiger partial charge in [-0.3, -0.25) is 0 Å². The van der Waals surface area contributed by atoms with Gasteiger partial charge in [-0.1, -0.05) is 36.0 Å². The number of para-hydroxylation sites is 2. The Morgan fingerprint density at radius 2 is 1.90 bits per heavy atom. The van der Waals surface area contributed by atoms with E-state index in [2.05, 4.69) is 65.8 Å². The summed E-state index contributed by atoms with van der Waals surface area (Å²) in [6.07, 6.45) is 2.44. The Hall–Kier alpha value is -2.35. The van der Waals surface area contributed by atoms with Crippen LogP contribution in [0.2, 0.25) is 0 Å². The number of aryl methyl sites for hydroxylation is 2. The summed E-state index contributed by atoms with van der Waals surface area (Å²) in [5.41, 5.74) is 4.39. The summed E-state index contributed by atoms with van der Waals surface area (Å²) >= 11 is 1.74. The van der Waals surface area contributed by atoms with Crippen molar-refractivity contribution in [3.63, 3.8) is 0 Å². The van der Waals surface area contributed by atoms with E-state index in [1.54, 1.807) is 11.8 Å². The first-order valence-corrected chi connectivity index (χ1v) is 12.4. The van der Waals surface area contributed by atoms with E-state index in [-0.39, 0.29) is 12.2 Å². The number of nitrogens with zero attached hydrogens (tertiary/aromatic N) is 2. The molecule has 1 aliphatic heterocycles. The lowest BCUT2D eigenvalue weighted by Crippen LogP contribution is -2.39. The Kier molecular flexibility index (Phi) is 5.86. The maximum absolute atomic E-state index is 11.1. The molecule has 2 aromatic carbocycles. The first kappa shape index (κ1) is 20.9. The van der Waals surface area contributed by atoms with E-state index < -0.39 is 10.1 Å². The van der Waals surface area contributed by atoms with Gasteiger partial charge in [-0.2, -0.15) is 4.57 Å². The number of benzene rings is 2. The van der Waals surface area contributed by atoms with Crippen molar-refractivity contribution in [3.8, 4) is 0 Å². The van der Waals surface area contributed by atoms with Crippen molar-refractivity contribution >= 4 is 44.5 Å². The van der Waals surface area contributed by atoms with Gasteiger partial charge in [0.2, 0.25) is 11.2 Å². The third-order valence-electron chi connectivity index (χ3n) is 5.28. The summed E-state index contributed by atoms with van der Waals surface area (Å²) in [5.74, 6) is -0.362. The minimum Gasteiger partial charge on any atom is -0.748 e. The number of hydrogen-bond donors (Lipinski definition) is 0. The Morgan fingerprint density at radius 1 is 1.10 bits per heavy atom. The van der Waals surface area contributed by atoms with Crippen LogP contribution in [0, 0.1) is 6.92 Å². The van der Waals surface area contributed by atoms with Crippen molar-refractivity contribution in [3.05, 3.63) is 70.9 Å². The second-order valence-corrected chi connectivity index (χ2v) is 9.92. The first-order chi connectivity index (χ1) is 14.4. The third kappa shape index (κ3) is 4.24. The van der Waals surface area contributed by atoms with Crippen LogP contribution in [0.25, 0.3) is 17.0 Å². The summed E-state index contributed by atoms with van der Waals surface area (Å²) in [6.45, 7) is 5.51. The van der Waals surface area contributed by atoms with Crippen molar-refractivity contribution in [2.45, 2.75) is 31.7 Å². The molecule has 0 aliphatic carbocycles. The number of fused-ring (bicyclic) bond motifs is 2. The summed E-state index contributed by atoms with van der Waals surface area (Å²) < 4.78 is 35.5. The predicted molar refractivity (Wildman–Crippen MR) is 121 cm³/mol. The molecule has 0 atom stereocenters. The summed E-state index contributed by atoms with van der Waals surface area (Å²) in [7, 11) is -4.23. The van der Waals surface area contributed by atoms with Crippen molar-refractivity contribution in [1.82, 2.24) is 0 Å². The van der Waals surface area contributed by atoms with E-state index in [1.807, 2.05) is 18.2 Å². The van der Waals surface area contributed by atoms with Gasteiger partial charge in [0, 0.05) is 46.7 Å². The number of hydrogen-bond acceptors (Lipinski definition) is 5. The zero-order valence-corrected chi connectivity index (χ0v) is 18.7. The zero-order valence-electron chi connectivity index (χ0n) is 17.0. The highest BCUT2D eigenvalue weighted by Gasteiger charge is 2.25. The van der Waals surface area contributed by atoms with E-state index >= 15 is 0 Å². The molecule has 5 nitrogen and oxygen atoms in total. The molecule has 3 aromatic rings. The highest BCUT2D eigenvalue weighted by Crippen LogP contribution is 2.46. The Labute approximate surface area is 181 Å². The smallest absolute Gasteiger partial charge is 0.215 e. The van der Waals surface area contributed by atoms with Crippen LogP contribution >= 0.6 is 11.8 Å². The van der Waals surface area contributed by atoms with E-state index in [4.69, 9.17) is 0 Å². The van der Waals surface area contributed by atoms with Crippen molar-refractivity contribution < 1.29 is 17.5 Å². The topological polar surface area (TPSA) is 64.3 Å². The standard InChI is InChI=1S/C23H24N2O3S2/c1-3-24-20-10-4-5-11-21(20)29-22(24)16-19-13-12-18-9-6-8-17(2)23(18)25(19)14-7-15-30(26,27)28/h4-6,8-13,16H,3,7,14-15H2,1-2H3. The Morgan fingerprint density at radius 3 is 2.67 bits per heavy atom. The molecule has 4 rings (SSSR count). The normalized spacial score (nSPS) is 15.2. The second-order valence-electron chi connectivity index (χ2n) is 7.33. The second kappa shape index (κ2) is 8.41. The number of rotatable bonds is 6. The lowest BCUT2D eigenvalue weighted by atomic mass is 10.1. The molecule has 2 heterocycles. The van der Waals surface area contributed by atoms with Crippen LogP contribution in [0.3, 0.4) is 0 Å². The fourth-order valence-electron chi connectivity index (χ4n) is 3.96. The minimum atomic E-state index is -4.23. The zero-order chi connectivity index (χ0) is 21.3. The average Bonchev–Trinajstić information content (AvgIpc) is 3.05. The molecule has 0 saturated carbocycles. The van der Waals surface area contributed by atoms with Crippen LogP contribution in [0.15, 0.2) is 64.5 Å². The monoisotopic (exact) mass is 440 g/mol. The largest absolute Gasteiger partial charge is 0.748 e. The van der Waals surface area contributed by atoms with E-state index in [0.717, 1.165) is 33.7 Å². The van der Waals surface area contributed by atoms with Gasteiger partial charge in [-0.25, -0.2) is 8.42 Å². The molecule has 156 valence electrons. The molecule has 0 N–H and O–H groups in total. The van der Waals surface area contributed by atoms with Gasteiger partial charge in [0.05, 0.1) is 20.8 Å². The summed E-state index contributed by atoms with van der Waals surface area (Å²) in [6, 6.07) is 18.6. The highest BCUT2D eigenvalue weighted by molar-refractivity contribution is 8.03. The molecule has 0 saturated heterocycles. The van der Waals surface area contributed by atoms with Crippen LogP contribution in [0.1, 0.15) is 24.6 Å². The van der Waals surface area contributed by atoms with Gasteiger partial charge < -0.3 is 9.45 Å². The molecule has 7 heteroatoms. The third-order valence-corrected chi connectivity index (χ3v) is 7.19. The summed E-state index contributed by atoms with van der Waals surface area (Å²) in [4.78, 5) is 3.51. The van der Waals surface area contributed by atoms with Crippen LogP contribution in [-0.4, -0.2) is 25.3 Å². The highest BCUT2D eigenvalue weighted by atomic mass is 32.2. The average molecular weight is 441 g/mol. The Bertz CT molecular complexity index is 1240. The fourth-order valence-corrected chi connectivity index (χ4v) is 5.61. The van der Waals surface area contributed by atoms with Crippen LogP contribution in [0.4, 0.5) is 5.69 Å². The number of anilines is 1. The van der Waals surface area contributed by atoms with Crippen LogP contribution < -0.4 is 9.47 Å². The maximum Gasteiger partial charge on any atom is 0.215 e. The fraction of sp³-hybridized carbons (Fsp3) is 0.261. The molecule has 0 bridgehead atoms. The van der Waals surface area contributed by atoms with Gasteiger partial charge in [0.1, 0.15) is 0 Å². The molecule has 30 heavy (non-hydrogen) atoms. The summed E-state index contributed by atoms with van der Waals surface area (Å²) in [5, 5.41) is 2.23. The van der Waals surface area contributed by atoms with E-state index in [1.165, 1.54) is 10.6 Å². The van der Waals surface area contributed by atoms with E-state index in [0.29, 0.717) is 6.54 Å². The maximum atomic E-state index is 11.1. The van der Waals surface area contributed by atoms with Gasteiger partial charge in [0.15, 0.2) is 6.54 Å². The quantitative estimate of drug-likeness (QED) is 0.422. The Balaban J connectivity index is 1.80. The molecule has 0 radical (unpaired) electrons. The molecule has 0 fully saturated rings. The van der Waals surface area contributed by atoms with Gasteiger partial charge in [-0.15, -0.1) is 0 Å². The van der Waals surface area contributed by atoms with E-state index in [9.17, 15) is 13.0 Å². The lowest BCUT2D eigenvalue weighted by Gasteiger charge is -2.17. The molecular formula is C23H24N2O3S2. The minimum absolute atomic E-state index is 0.283. The molecule has 0 amide bonds. The van der Waals surface area contributed by atoms with Gasteiger partial charge in [-0.05, 0) is 38.1 Å². The predicted octanol–water partition coefficient (Wildman–Crippen LogP) is 4.30. The van der Waals surface area contributed by atoms with Crippen molar-refractivity contribution in [2.24, 2.45) is 0 Å².